The lowest BCUT2D eigenvalue weighted by Gasteiger charge is -2.58. The second kappa shape index (κ2) is 7.53. The van der Waals surface area contributed by atoms with E-state index < -0.39 is 46.7 Å². The lowest BCUT2D eigenvalue weighted by molar-refractivity contribution is -0.262. The number of carbonyl (C=O) groups excluding carboxylic acids is 2. The zero-order valence-corrected chi connectivity index (χ0v) is 17.5. The average Bonchev–Trinajstić information content (AvgIpc) is 2.72. The predicted octanol–water partition coefficient (Wildman–Crippen LogP) is 4.34. The van der Waals surface area contributed by atoms with Gasteiger partial charge < -0.3 is 16.0 Å². The first kappa shape index (κ1) is 22.2. The van der Waals surface area contributed by atoms with E-state index in [2.05, 4.69) is 5.32 Å². The minimum atomic E-state index is -4.28. The van der Waals surface area contributed by atoms with E-state index in [9.17, 15) is 27.2 Å². The molecule has 3 saturated carbocycles. The molecule has 1 heterocycles. The molecule has 0 aromatic heterocycles. The maximum absolute atomic E-state index is 13.9. The van der Waals surface area contributed by atoms with Gasteiger partial charge in [-0.1, -0.05) is 17.7 Å². The molecule has 0 radical (unpaired) electrons. The summed E-state index contributed by atoms with van der Waals surface area (Å²) in [6.45, 7) is 0.430. The lowest BCUT2D eigenvalue weighted by atomic mass is 9.48. The van der Waals surface area contributed by atoms with Crippen molar-refractivity contribution < 1.29 is 27.2 Å². The largest absolute Gasteiger partial charge is 0.394 e. The number of alkyl halides is 3. The summed E-state index contributed by atoms with van der Waals surface area (Å²) in [4.78, 5) is 26.4. The van der Waals surface area contributed by atoms with Crippen molar-refractivity contribution in [1.29, 1.82) is 0 Å². The van der Waals surface area contributed by atoms with Crippen molar-refractivity contribution in [2.45, 2.75) is 56.7 Å². The predicted molar refractivity (Wildman–Crippen MR) is 106 cm³/mol. The second-order valence-electron chi connectivity index (χ2n) is 9.06. The Morgan fingerprint density at radius 2 is 1.81 bits per heavy atom. The van der Waals surface area contributed by atoms with E-state index >= 15 is 0 Å². The number of amides is 3. The molecule has 3 amide bonds. The van der Waals surface area contributed by atoms with Crippen LogP contribution in [0.25, 0.3) is 0 Å². The first-order chi connectivity index (χ1) is 14.5. The van der Waals surface area contributed by atoms with Crippen LogP contribution < -0.4 is 11.1 Å². The molecule has 1 saturated heterocycles. The Bertz CT molecular complexity index is 883. The molecular weight excluding hydrogens is 438 g/mol. The molecule has 4 fully saturated rings. The van der Waals surface area contributed by atoms with Gasteiger partial charge in [0.05, 0.1) is 10.4 Å². The zero-order chi connectivity index (χ0) is 22.6. The van der Waals surface area contributed by atoms with E-state index in [0.717, 1.165) is 0 Å². The molecule has 0 spiro atoms. The van der Waals surface area contributed by atoms with Crippen molar-refractivity contribution in [3.05, 3.63) is 34.6 Å². The SMILES string of the molecule is NC(=O)N1CCNC(=O)C1[C@@H](c1ccc(F)c(Cl)c1)C12CCC(C(F)(F)F)(CC1)CC2. The molecule has 3 N–H and O–H groups in total. The fourth-order valence-electron chi connectivity index (χ4n) is 5.95. The monoisotopic (exact) mass is 461 g/mol. The van der Waals surface area contributed by atoms with E-state index in [4.69, 9.17) is 17.3 Å². The topological polar surface area (TPSA) is 75.4 Å². The van der Waals surface area contributed by atoms with Crippen LogP contribution in [0.15, 0.2) is 18.2 Å². The number of benzene rings is 1. The normalized spacial score (nSPS) is 32.0. The summed E-state index contributed by atoms with van der Waals surface area (Å²) in [5.41, 5.74) is 3.74. The number of rotatable bonds is 3. The number of nitrogens with two attached hydrogens (primary N) is 1. The highest BCUT2D eigenvalue weighted by atomic mass is 35.5. The molecule has 1 unspecified atom stereocenters. The van der Waals surface area contributed by atoms with E-state index in [-0.39, 0.29) is 56.6 Å². The number of urea groups is 1. The summed E-state index contributed by atoms with van der Waals surface area (Å²) >= 11 is 6.02. The van der Waals surface area contributed by atoms with Crippen LogP contribution in [0.1, 0.15) is 50.0 Å². The third-order valence-corrected chi connectivity index (χ3v) is 8.01. The molecule has 2 atom stereocenters. The van der Waals surface area contributed by atoms with Gasteiger partial charge in [-0.3, -0.25) is 4.79 Å². The van der Waals surface area contributed by atoms with E-state index in [1.165, 1.54) is 23.1 Å². The van der Waals surface area contributed by atoms with Crippen LogP contribution in [-0.2, 0) is 4.79 Å². The molecule has 1 aromatic rings. The van der Waals surface area contributed by atoms with Crippen molar-refractivity contribution in [3.63, 3.8) is 0 Å². The molecule has 170 valence electrons. The van der Waals surface area contributed by atoms with Crippen LogP contribution in [0.2, 0.25) is 5.02 Å². The fraction of sp³-hybridized carbons (Fsp3) is 0.619. The van der Waals surface area contributed by atoms with Crippen molar-refractivity contribution >= 4 is 23.5 Å². The van der Waals surface area contributed by atoms with E-state index in [1.54, 1.807) is 0 Å². The van der Waals surface area contributed by atoms with Gasteiger partial charge in [-0.25, -0.2) is 9.18 Å². The van der Waals surface area contributed by atoms with Gasteiger partial charge in [0, 0.05) is 19.0 Å². The summed E-state index contributed by atoms with van der Waals surface area (Å²) in [6.07, 6.45) is -3.63. The molecule has 1 aliphatic heterocycles. The molecule has 5 nitrogen and oxygen atoms in total. The van der Waals surface area contributed by atoms with Gasteiger partial charge in [-0.05, 0) is 61.6 Å². The van der Waals surface area contributed by atoms with Gasteiger partial charge in [-0.2, -0.15) is 13.2 Å². The highest BCUT2D eigenvalue weighted by Crippen LogP contribution is 2.67. The molecule has 5 rings (SSSR count). The molecular formula is C21H24ClF4N3O2. The van der Waals surface area contributed by atoms with Gasteiger partial charge in [0.1, 0.15) is 11.9 Å². The Labute approximate surface area is 182 Å². The Hall–Kier alpha value is -2.03. The standard InChI is InChI=1S/C21H24ClF4N3O2/c22-13-11-12(1-2-14(13)23)15(16-17(30)28-9-10-29(16)18(27)31)19-3-6-20(7-4-19,8-5-19)21(24,25)26/h1-2,11,15-16H,3-10H2,(H2,27,31)(H,28,30)/t15-,16?,19?,20?/m1/s1. The van der Waals surface area contributed by atoms with Gasteiger partial charge in [0.25, 0.3) is 0 Å². The van der Waals surface area contributed by atoms with Crippen molar-refractivity contribution in [2.24, 2.45) is 16.6 Å². The molecule has 1 aromatic carbocycles. The second-order valence-corrected chi connectivity index (χ2v) is 9.47. The number of fused-ring (bicyclic) bond motifs is 3. The molecule has 3 aliphatic carbocycles. The molecule has 10 heteroatoms. The van der Waals surface area contributed by atoms with Gasteiger partial charge in [-0.15, -0.1) is 0 Å². The van der Waals surface area contributed by atoms with Gasteiger partial charge in [0.15, 0.2) is 0 Å². The third-order valence-electron chi connectivity index (χ3n) is 7.72. The van der Waals surface area contributed by atoms with Gasteiger partial charge in [0.2, 0.25) is 5.91 Å². The van der Waals surface area contributed by atoms with Crippen molar-refractivity contribution in [3.8, 4) is 0 Å². The number of hydrogen-bond donors (Lipinski definition) is 2. The lowest BCUT2D eigenvalue weighted by Crippen LogP contribution is -2.64. The maximum atomic E-state index is 13.9. The summed E-state index contributed by atoms with van der Waals surface area (Å²) in [7, 11) is 0. The molecule has 4 aliphatic rings. The highest BCUT2D eigenvalue weighted by Gasteiger charge is 2.64. The van der Waals surface area contributed by atoms with Crippen LogP contribution in [0, 0.1) is 16.6 Å². The summed E-state index contributed by atoms with van der Waals surface area (Å²) < 4.78 is 55.2. The average molecular weight is 462 g/mol. The van der Waals surface area contributed by atoms with Crippen molar-refractivity contribution in [1.82, 2.24) is 10.2 Å². The molecule has 2 bridgehead atoms. The van der Waals surface area contributed by atoms with Crippen LogP contribution in [-0.4, -0.2) is 42.1 Å². The maximum Gasteiger partial charge on any atom is 0.394 e. The van der Waals surface area contributed by atoms with E-state index in [1.807, 2.05) is 0 Å². The Morgan fingerprint density at radius 1 is 1.19 bits per heavy atom. The van der Waals surface area contributed by atoms with Crippen LogP contribution >= 0.6 is 11.6 Å². The first-order valence-corrected chi connectivity index (χ1v) is 10.7. The number of piperazine rings is 1. The minimum Gasteiger partial charge on any atom is -0.353 e. The Balaban J connectivity index is 1.80. The Kier molecular flexibility index (Phi) is 5.39. The number of nitrogens with zero attached hydrogens (tertiary/aromatic N) is 1. The van der Waals surface area contributed by atoms with Crippen molar-refractivity contribution in [2.75, 3.05) is 13.1 Å². The quantitative estimate of drug-likeness (QED) is 0.657. The number of nitrogens with one attached hydrogen (secondary N) is 1. The number of hydrogen-bond acceptors (Lipinski definition) is 2. The minimum absolute atomic E-state index is 0.0349. The summed E-state index contributed by atoms with van der Waals surface area (Å²) in [5.74, 6) is -1.70. The highest BCUT2D eigenvalue weighted by molar-refractivity contribution is 6.30. The summed E-state index contributed by atoms with van der Waals surface area (Å²) in [5, 5.41) is 2.60. The third kappa shape index (κ3) is 3.54. The smallest absolute Gasteiger partial charge is 0.353 e. The number of halogens is 5. The van der Waals surface area contributed by atoms with E-state index in [0.29, 0.717) is 5.56 Å². The van der Waals surface area contributed by atoms with Crippen LogP contribution in [0.5, 0.6) is 0 Å². The van der Waals surface area contributed by atoms with Gasteiger partial charge >= 0.3 is 12.2 Å². The number of carbonyl (C=O) groups is 2. The fourth-order valence-corrected chi connectivity index (χ4v) is 6.14. The van der Waals surface area contributed by atoms with Crippen LogP contribution in [0.4, 0.5) is 22.4 Å². The zero-order valence-electron chi connectivity index (χ0n) is 16.8. The first-order valence-electron chi connectivity index (χ1n) is 10.4. The number of primary amides is 1. The summed E-state index contributed by atoms with van der Waals surface area (Å²) in [6, 6.07) is 2.33. The molecule has 31 heavy (non-hydrogen) atoms. The van der Waals surface area contributed by atoms with Crippen LogP contribution in [0.3, 0.4) is 0 Å². The Morgan fingerprint density at radius 3 is 2.32 bits per heavy atom.